The van der Waals surface area contributed by atoms with Crippen LogP contribution in [0.4, 0.5) is 0 Å². The number of hydrogen-bond donors (Lipinski definition) is 2. The van der Waals surface area contributed by atoms with Crippen LogP contribution >= 0.6 is 0 Å². The molecule has 206 valence electrons. The fourth-order valence-electron chi connectivity index (χ4n) is 6.03. The van der Waals surface area contributed by atoms with E-state index in [1.165, 1.54) is 0 Å². The second-order valence-electron chi connectivity index (χ2n) is 10.9. The minimum atomic E-state index is -3.99. The Kier molecular flexibility index (Phi) is 6.43. The van der Waals surface area contributed by atoms with Gasteiger partial charge < -0.3 is 4.98 Å². The predicted molar refractivity (Wildman–Crippen MR) is 150 cm³/mol. The van der Waals surface area contributed by atoms with Crippen LogP contribution in [0.25, 0.3) is 16.7 Å². The summed E-state index contributed by atoms with van der Waals surface area (Å²) < 4.78 is 58.6. The summed E-state index contributed by atoms with van der Waals surface area (Å²) >= 11 is 0. The number of aromatic amines is 1. The van der Waals surface area contributed by atoms with E-state index in [1.807, 2.05) is 22.6 Å². The van der Waals surface area contributed by atoms with Crippen molar-refractivity contribution in [1.82, 2.24) is 24.1 Å². The Bertz CT molecular complexity index is 1800. The summed E-state index contributed by atoms with van der Waals surface area (Å²) in [6.45, 7) is 7.65. The molecule has 3 aromatic heterocycles. The standard InChI is InChI=1S/C28H33N5O4S2/c1-4-6-18-8-7-17(3)25(13-18)38(34,35)28-24-16-30-26-23(11-12-29-26)33(24)27(31-28)22-15-20(14-19(22)5-2)32-39(36,37)21-9-10-21/h4,7-8,11-13,16,19-22,29,32H,1,5-6,9-10,14-15H2,2-3H3/t19-,20+,22+/m1/s1. The summed E-state index contributed by atoms with van der Waals surface area (Å²) in [6, 6.07) is 7.08. The number of nitrogens with zero attached hydrogens (tertiary/aromatic N) is 3. The molecule has 1 aromatic carbocycles. The SMILES string of the molecule is C=CCc1ccc(C)c(S(=O)(=O)c2nc([C@H]3C[C@@H](NS(=O)(=O)C4CC4)C[C@H]3CC)n3c2cnc2[nH]ccc23)c1. The van der Waals surface area contributed by atoms with Crippen molar-refractivity contribution >= 4 is 36.5 Å². The molecule has 2 aliphatic rings. The monoisotopic (exact) mass is 567 g/mol. The van der Waals surface area contributed by atoms with Crippen LogP contribution in [0, 0.1) is 12.8 Å². The van der Waals surface area contributed by atoms with Crippen LogP contribution in [0.15, 0.2) is 59.2 Å². The van der Waals surface area contributed by atoms with Gasteiger partial charge in [-0.3, -0.25) is 4.40 Å². The largest absolute Gasteiger partial charge is 0.345 e. The summed E-state index contributed by atoms with van der Waals surface area (Å²) in [5.41, 5.74) is 3.29. The third-order valence-electron chi connectivity index (χ3n) is 8.19. The minimum Gasteiger partial charge on any atom is -0.345 e. The van der Waals surface area contributed by atoms with Crippen LogP contribution < -0.4 is 4.72 Å². The average molecular weight is 568 g/mol. The summed E-state index contributed by atoms with van der Waals surface area (Å²) in [5.74, 6) is 0.667. The van der Waals surface area contributed by atoms with Gasteiger partial charge in [0.2, 0.25) is 19.9 Å². The van der Waals surface area contributed by atoms with Crippen molar-refractivity contribution in [2.24, 2.45) is 5.92 Å². The molecule has 39 heavy (non-hydrogen) atoms. The first-order valence-electron chi connectivity index (χ1n) is 13.4. The van der Waals surface area contributed by atoms with E-state index in [2.05, 4.69) is 28.2 Å². The van der Waals surface area contributed by atoms with E-state index in [9.17, 15) is 16.8 Å². The van der Waals surface area contributed by atoms with Crippen LogP contribution in [0.2, 0.25) is 0 Å². The number of aromatic nitrogens is 4. The quantitative estimate of drug-likeness (QED) is 0.288. The van der Waals surface area contributed by atoms with E-state index < -0.39 is 19.9 Å². The van der Waals surface area contributed by atoms with E-state index >= 15 is 0 Å². The van der Waals surface area contributed by atoms with Crippen LogP contribution in [-0.4, -0.2) is 47.5 Å². The Morgan fingerprint density at radius 3 is 2.67 bits per heavy atom. The number of sulfone groups is 1. The Balaban J connectivity index is 1.50. The van der Waals surface area contributed by atoms with Crippen LogP contribution in [0.1, 0.15) is 61.9 Å². The summed E-state index contributed by atoms with van der Waals surface area (Å²) in [7, 11) is -7.33. The highest BCUT2D eigenvalue weighted by Gasteiger charge is 2.43. The van der Waals surface area contributed by atoms with Gasteiger partial charge in [0.1, 0.15) is 11.3 Å². The van der Waals surface area contributed by atoms with Crippen molar-refractivity contribution in [3.8, 4) is 0 Å². The average Bonchev–Trinajstić information content (AvgIpc) is 3.36. The lowest BCUT2D eigenvalue weighted by atomic mass is 9.93. The molecule has 6 rings (SSSR count). The first-order valence-corrected chi connectivity index (χ1v) is 16.5. The van der Waals surface area contributed by atoms with Gasteiger partial charge in [0.05, 0.1) is 21.9 Å². The zero-order chi connectivity index (χ0) is 27.5. The Morgan fingerprint density at radius 1 is 1.15 bits per heavy atom. The number of hydrogen-bond acceptors (Lipinski definition) is 6. The molecule has 2 saturated carbocycles. The van der Waals surface area contributed by atoms with Gasteiger partial charge in [-0.2, -0.15) is 0 Å². The molecule has 2 fully saturated rings. The normalized spacial score (nSPS) is 22.2. The maximum atomic E-state index is 14.2. The van der Waals surface area contributed by atoms with Gasteiger partial charge in [0.15, 0.2) is 10.7 Å². The molecular weight excluding hydrogens is 534 g/mol. The van der Waals surface area contributed by atoms with E-state index in [1.54, 1.807) is 31.5 Å². The number of H-pyrrole nitrogens is 1. The zero-order valence-electron chi connectivity index (χ0n) is 22.1. The fourth-order valence-corrected chi connectivity index (χ4v) is 9.28. The topological polar surface area (TPSA) is 126 Å². The smallest absolute Gasteiger partial charge is 0.226 e. The van der Waals surface area contributed by atoms with Crippen LogP contribution in [0.3, 0.4) is 0 Å². The van der Waals surface area contributed by atoms with E-state index in [0.29, 0.717) is 54.7 Å². The van der Waals surface area contributed by atoms with Crippen molar-refractivity contribution in [2.75, 3.05) is 0 Å². The molecule has 4 aromatic rings. The lowest BCUT2D eigenvalue weighted by Crippen LogP contribution is -2.35. The van der Waals surface area contributed by atoms with Gasteiger partial charge in [-0.25, -0.2) is 31.5 Å². The third kappa shape index (κ3) is 4.50. The van der Waals surface area contributed by atoms with Gasteiger partial charge >= 0.3 is 0 Å². The molecule has 0 aliphatic heterocycles. The molecule has 11 heteroatoms. The highest BCUT2D eigenvalue weighted by Crippen LogP contribution is 2.44. The molecule has 0 amide bonds. The summed E-state index contributed by atoms with van der Waals surface area (Å²) in [5, 5.41) is -0.310. The van der Waals surface area contributed by atoms with Gasteiger partial charge in [-0.1, -0.05) is 31.6 Å². The predicted octanol–water partition coefficient (Wildman–Crippen LogP) is 4.43. The Labute approximate surface area is 228 Å². The number of sulfonamides is 1. The minimum absolute atomic E-state index is 0.0242. The number of fused-ring (bicyclic) bond motifs is 3. The molecule has 0 spiro atoms. The number of benzene rings is 1. The highest BCUT2D eigenvalue weighted by atomic mass is 32.2. The molecule has 0 saturated heterocycles. The van der Waals surface area contributed by atoms with Crippen LogP contribution in [-0.2, 0) is 26.3 Å². The molecule has 2 N–H and O–H groups in total. The number of rotatable bonds is 9. The summed E-state index contributed by atoms with van der Waals surface area (Å²) in [6.07, 6.45) is 9.14. The Morgan fingerprint density at radius 2 is 1.95 bits per heavy atom. The lowest BCUT2D eigenvalue weighted by Gasteiger charge is -2.16. The van der Waals surface area contributed by atoms with Crippen molar-refractivity contribution in [1.29, 1.82) is 0 Å². The van der Waals surface area contributed by atoms with Crippen molar-refractivity contribution in [2.45, 2.75) is 79.5 Å². The first kappa shape index (κ1) is 26.2. The van der Waals surface area contributed by atoms with E-state index in [0.717, 1.165) is 17.5 Å². The second-order valence-corrected chi connectivity index (χ2v) is 14.7. The third-order valence-corrected chi connectivity index (χ3v) is 12.0. The van der Waals surface area contributed by atoms with Gasteiger partial charge in [0.25, 0.3) is 0 Å². The molecule has 9 nitrogen and oxygen atoms in total. The highest BCUT2D eigenvalue weighted by molar-refractivity contribution is 7.91. The van der Waals surface area contributed by atoms with E-state index in [-0.39, 0.29) is 33.0 Å². The van der Waals surface area contributed by atoms with Gasteiger partial charge in [-0.05, 0) is 68.2 Å². The number of imidazole rings is 1. The molecule has 2 aliphatic carbocycles. The molecule has 3 atom stereocenters. The Hall–Kier alpha value is -3.02. The van der Waals surface area contributed by atoms with Crippen molar-refractivity contribution in [3.05, 3.63) is 66.3 Å². The number of aryl methyl sites for hydroxylation is 1. The molecule has 0 bridgehead atoms. The van der Waals surface area contributed by atoms with Crippen molar-refractivity contribution < 1.29 is 16.8 Å². The van der Waals surface area contributed by atoms with E-state index in [4.69, 9.17) is 4.98 Å². The van der Waals surface area contributed by atoms with Gasteiger partial charge in [-0.15, -0.1) is 6.58 Å². The number of nitrogens with one attached hydrogen (secondary N) is 2. The molecule has 3 heterocycles. The second kappa shape index (κ2) is 9.57. The molecule has 0 radical (unpaired) electrons. The maximum absolute atomic E-state index is 14.2. The van der Waals surface area contributed by atoms with Crippen LogP contribution in [0.5, 0.6) is 0 Å². The first-order chi connectivity index (χ1) is 18.6. The molecule has 0 unspecified atom stereocenters. The van der Waals surface area contributed by atoms with Gasteiger partial charge in [0, 0.05) is 18.2 Å². The zero-order valence-corrected chi connectivity index (χ0v) is 23.7. The lowest BCUT2D eigenvalue weighted by molar-refractivity contribution is 0.449. The van der Waals surface area contributed by atoms with Crippen molar-refractivity contribution in [3.63, 3.8) is 0 Å². The maximum Gasteiger partial charge on any atom is 0.226 e. The summed E-state index contributed by atoms with van der Waals surface area (Å²) in [4.78, 5) is 12.7. The fraction of sp³-hybridized carbons (Fsp3) is 0.429. The number of allylic oxidation sites excluding steroid dienone is 1. The molecular formula is C28H33N5O4S2.